The molecule has 0 spiro atoms. The molecule has 1 aromatic rings. The first-order valence-corrected chi connectivity index (χ1v) is 7.82. The van der Waals surface area contributed by atoms with E-state index in [1.54, 1.807) is 0 Å². The van der Waals surface area contributed by atoms with Crippen LogP contribution in [-0.4, -0.2) is 41.1 Å². The van der Waals surface area contributed by atoms with Gasteiger partial charge in [0.1, 0.15) is 0 Å². The van der Waals surface area contributed by atoms with E-state index >= 15 is 0 Å². The van der Waals surface area contributed by atoms with Gasteiger partial charge in [-0.2, -0.15) is 0 Å². The van der Waals surface area contributed by atoms with Crippen LogP contribution >= 0.6 is 0 Å². The number of rotatable bonds is 6. The fraction of sp³-hybridized carbons (Fsp3) is 0.588. The molecule has 0 saturated carbocycles. The zero-order valence-electron chi connectivity index (χ0n) is 13.0. The van der Waals surface area contributed by atoms with E-state index < -0.39 is 6.10 Å². The summed E-state index contributed by atoms with van der Waals surface area (Å²) in [6.45, 7) is 5.59. The molecule has 1 saturated heterocycles. The van der Waals surface area contributed by atoms with Gasteiger partial charge >= 0.3 is 0 Å². The van der Waals surface area contributed by atoms with Crippen molar-refractivity contribution >= 4 is 5.91 Å². The Bertz CT molecular complexity index is 449. The van der Waals surface area contributed by atoms with Crippen molar-refractivity contribution in [2.75, 3.05) is 13.1 Å². The molecular weight excluding hydrogens is 264 g/mol. The summed E-state index contributed by atoms with van der Waals surface area (Å²) in [7, 11) is 0. The van der Waals surface area contributed by atoms with Gasteiger partial charge in [0.15, 0.2) is 0 Å². The lowest BCUT2D eigenvalue weighted by Gasteiger charge is -2.23. The van der Waals surface area contributed by atoms with E-state index in [4.69, 9.17) is 0 Å². The van der Waals surface area contributed by atoms with Gasteiger partial charge in [-0.1, -0.05) is 30.3 Å². The molecule has 1 fully saturated rings. The third-order valence-corrected chi connectivity index (χ3v) is 4.21. The largest absolute Gasteiger partial charge is 0.388 e. The SMILES string of the molecule is CC(CC(O)c1ccccc1)NC(=O)CN1CCCC1C. The minimum atomic E-state index is -0.535. The van der Waals surface area contributed by atoms with Crippen LogP contribution in [0.4, 0.5) is 0 Å². The number of amides is 1. The van der Waals surface area contributed by atoms with Crippen LogP contribution in [0.3, 0.4) is 0 Å². The average molecular weight is 290 g/mol. The van der Waals surface area contributed by atoms with Crippen molar-refractivity contribution in [3.05, 3.63) is 35.9 Å². The molecule has 1 amide bonds. The molecule has 4 nitrogen and oxygen atoms in total. The molecule has 3 unspecified atom stereocenters. The maximum atomic E-state index is 12.0. The smallest absolute Gasteiger partial charge is 0.234 e. The Hall–Kier alpha value is -1.39. The summed E-state index contributed by atoms with van der Waals surface area (Å²) >= 11 is 0. The number of aliphatic hydroxyl groups is 1. The lowest BCUT2D eigenvalue weighted by Crippen LogP contribution is -2.42. The Morgan fingerprint density at radius 2 is 2.14 bits per heavy atom. The standard InChI is InChI=1S/C17H26N2O2/c1-13(11-16(20)15-8-4-3-5-9-15)18-17(21)12-19-10-6-7-14(19)2/h3-5,8-9,13-14,16,20H,6-7,10-12H2,1-2H3,(H,18,21). The molecule has 1 heterocycles. The summed E-state index contributed by atoms with van der Waals surface area (Å²) in [5.74, 6) is 0.0523. The number of hydrogen-bond acceptors (Lipinski definition) is 3. The Labute approximate surface area is 127 Å². The fourth-order valence-electron chi connectivity index (χ4n) is 2.94. The Morgan fingerprint density at radius 3 is 2.76 bits per heavy atom. The third-order valence-electron chi connectivity index (χ3n) is 4.21. The van der Waals surface area contributed by atoms with Crippen LogP contribution in [0.15, 0.2) is 30.3 Å². The van der Waals surface area contributed by atoms with Gasteiger partial charge in [0.25, 0.3) is 0 Å². The van der Waals surface area contributed by atoms with Crippen molar-refractivity contribution in [1.29, 1.82) is 0 Å². The molecule has 4 heteroatoms. The lowest BCUT2D eigenvalue weighted by atomic mass is 10.0. The number of carbonyl (C=O) groups excluding carboxylic acids is 1. The maximum absolute atomic E-state index is 12.0. The topological polar surface area (TPSA) is 52.6 Å². The highest BCUT2D eigenvalue weighted by Gasteiger charge is 2.23. The highest BCUT2D eigenvalue weighted by Crippen LogP contribution is 2.18. The minimum Gasteiger partial charge on any atom is -0.388 e. The van der Waals surface area contributed by atoms with Gasteiger partial charge in [0.2, 0.25) is 5.91 Å². The van der Waals surface area contributed by atoms with Gasteiger partial charge in [-0.15, -0.1) is 0 Å². The van der Waals surface area contributed by atoms with E-state index in [1.165, 1.54) is 12.8 Å². The van der Waals surface area contributed by atoms with E-state index in [1.807, 2.05) is 37.3 Å². The molecule has 2 N–H and O–H groups in total. The molecule has 1 aliphatic heterocycles. The zero-order chi connectivity index (χ0) is 15.2. The number of likely N-dealkylation sites (tertiary alicyclic amines) is 1. The van der Waals surface area contributed by atoms with Crippen molar-refractivity contribution in [1.82, 2.24) is 10.2 Å². The lowest BCUT2D eigenvalue weighted by molar-refractivity contribution is -0.123. The molecule has 116 valence electrons. The Kier molecular flexibility index (Phi) is 5.76. The number of hydrogen-bond donors (Lipinski definition) is 2. The number of nitrogens with one attached hydrogen (secondary N) is 1. The van der Waals surface area contributed by atoms with Gasteiger partial charge in [0.05, 0.1) is 12.6 Å². The van der Waals surface area contributed by atoms with Crippen LogP contribution in [-0.2, 0) is 4.79 Å². The molecule has 1 aromatic carbocycles. The van der Waals surface area contributed by atoms with Crippen LogP contribution in [0.25, 0.3) is 0 Å². The highest BCUT2D eigenvalue weighted by atomic mass is 16.3. The predicted octanol–water partition coefficient (Wildman–Crippen LogP) is 2.10. The van der Waals surface area contributed by atoms with Crippen LogP contribution in [0.5, 0.6) is 0 Å². The first-order chi connectivity index (χ1) is 10.1. The Balaban J connectivity index is 1.76. The summed E-state index contributed by atoms with van der Waals surface area (Å²) in [6.07, 6.45) is 2.35. The summed E-state index contributed by atoms with van der Waals surface area (Å²) in [6, 6.07) is 10.0. The summed E-state index contributed by atoms with van der Waals surface area (Å²) in [5, 5.41) is 13.2. The molecule has 0 aromatic heterocycles. The molecule has 0 radical (unpaired) electrons. The third kappa shape index (κ3) is 4.83. The molecule has 0 bridgehead atoms. The van der Waals surface area contributed by atoms with Gasteiger partial charge in [0, 0.05) is 12.1 Å². The number of carbonyl (C=O) groups is 1. The van der Waals surface area contributed by atoms with Crippen LogP contribution in [0.1, 0.15) is 44.8 Å². The van der Waals surface area contributed by atoms with Gasteiger partial charge < -0.3 is 10.4 Å². The van der Waals surface area contributed by atoms with Gasteiger partial charge in [-0.25, -0.2) is 0 Å². The number of aliphatic hydroxyl groups excluding tert-OH is 1. The molecule has 2 rings (SSSR count). The summed E-state index contributed by atoms with van der Waals surface area (Å²) < 4.78 is 0. The van der Waals surface area contributed by atoms with Crippen molar-refractivity contribution in [2.24, 2.45) is 0 Å². The molecule has 0 aliphatic carbocycles. The first-order valence-electron chi connectivity index (χ1n) is 7.82. The van der Waals surface area contributed by atoms with Crippen molar-refractivity contribution in [3.8, 4) is 0 Å². The van der Waals surface area contributed by atoms with Gasteiger partial charge in [-0.3, -0.25) is 9.69 Å². The van der Waals surface area contributed by atoms with Crippen LogP contribution in [0.2, 0.25) is 0 Å². The minimum absolute atomic E-state index is 0.0365. The van der Waals surface area contributed by atoms with Crippen molar-refractivity contribution < 1.29 is 9.90 Å². The van der Waals surface area contributed by atoms with E-state index in [0.717, 1.165) is 12.1 Å². The number of nitrogens with zero attached hydrogens (tertiary/aromatic N) is 1. The van der Waals surface area contributed by atoms with E-state index in [0.29, 0.717) is 19.0 Å². The zero-order valence-corrected chi connectivity index (χ0v) is 13.0. The number of benzene rings is 1. The van der Waals surface area contributed by atoms with Crippen LogP contribution in [0, 0.1) is 0 Å². The van der Waals surface area contributed by atoms with Crippen LogP contribution < -0.4 is 5.32 Å². The summed E-state index contributed by atoms with van der Waals surface area (Å²) in [4.78, 5) is 14.3. The monoisotopic (exact) mass is 290 g/mol. The van der Waals surface area contributed by atoms with Crippen molar-refractivity contribution in [2.45, 2.75) is 51.3 Å². The van der Waals surface area contributed by atoms with Gasteiger partial charge in [-0.05, 0) is 45.2 Å². The second kappa shape index (κ2) is 7.57. The predicted molar refractivity (Wildman–Crippen MR) is 83.9 cm³/mol. The second-order valence-electron chi connectivity index (χ2n) is 6.09. The molecule has 3 atom stereocenters. The molecule has 21 heavy (non-hydrogen) atoms. The van der Waals surface area contributed by atoms with E-state index in [-0.39, 0.29) is 11.9 Å². The molecular formula is C17H26N2O2. The van der Waals surface area contributed by atoms with Crippen molar-refractivity contribution in [3.63, 3.8) is 0 Å². The van der Waals surface area contributed by atoms with E-state index in [2.05, 4.69) is 17.1 Å². The molecule has 1 aliphatic rings. The maximum Gasteiger partial charge on any atom is 0.234 e. The quantitative estimate of drug-likeness (QED) is 0.843. The average Bonchev–Trinajstić information content (AvgIpc) is 2.84. The second-order valence-corrected chi connectivity index (χ2v) is 6.09. The first kappa shape index (κ1) is 16.0. The Morgan fingerprint density at radius 1 is 1.43 bits per heavy atom. The van der Waals surface area contributed by atoms with E-state index in [9.17, 15) is 9.90 Å². The summed E-state index contributed by atoms with van der Waals surface area (Å²) in [5.41, 5.74) is 0.895. The highest BCUT2D eigenvalue weighted by molar-refractivity contribution is 5.78. The normalized spacial score (nSPS) is 22.0. The fourth-order valence-corrected chi connectivity index (χ4v) is 2.94.